The van der Waals surface area contributed by atoms with Crippen LogP contribution in [-0.4, -0.2) is 33.5 Å². The highest BCUT2D eigenvalue weighted by Gasteiger charge is 2.05. The van der Waals surface area contributed by atoms with Crippen molar-refractivity contribution < 1.29 is 18.3 Å². The number of hydrogen-bond donors (Lipinski definition) is 1. The second kappa shape index (κ2) is 7.97. The number of anilines is 1. The van der Waals surface area contributed by atoms with Crippen molar-refractivity contribution in [2.45, 2.75) is 6.42 Å². The lowest BCUT2D eigenvalue weighted by Crippen LogP contribution is -2.09. The van der Waals surface area contributed by atoms with Gasteiger partial charge in [0.1, 0.15) is 0 Å². The van der Waals surface area contributed by atoms with Crippen LogP contribution in [0.4, 0.5) is 14.5 Å². The molecule has 0 aliphatic carbocycles. The van der Waals surface area contributed by atoms with E-state index >= 15 is 0 Å². The minimum atomic E-state index is -0.841. The Balaban J connectivity index is 2.16. The third-order valence-corrected chi connectivity index (χ3v) is 2.16. The van der Waals surface area contributed by atoms with Crippen LogP contribution in [0.1, 0.15) is 6.42 Å². The standard InChI is InChI=1S/C12H17F2NO2/c1-16-8-9-17-7-3-6-15-11-5-2-4-10(13)12(11)14/h2,4-5,15H,3,6-9H2,1H3. The summed E-state index contributed by atoms with van der Waals surface area (Å²) in [6.45, 7) is 2.21. The molecule has 1 aromatic rings. The Morgan fingerprint density at radius 3 is 2.76 bits per heavy atom. The van der Waals surface area contributed by atoms with Crippen LogP contribution < -0.4 is 5.32 Å². The fourth-order valence-corrected chi connectivity index (χ4v) is 1.28. The summed E-state index contributed by atoms with van der Waals surface area (Å²) in [5.74, 6) is -1.68. The first-order chi connectivity index (χ1) is 8.25. The molecule has 0 fully saturated rings. The molecule has 0 amide bonds. The van der Waals surface area contributed by atoms with Crippen LogP contribution in [0.15, 0.2) is 18.2 Å². The Morgan fingerprint density at radius 1 is 1.18 bits per heavy atom. The van der Waals surface area contributed by atoms with Crippen LogP contribution in [0.2, 0.25) is 0 Å². The van der Waals surface area contributed by atoms with Crippen molar-refractivity contribution in [3.8, 4) is 0 Å². The first-order valence-electron chi connectivity index (χ1n) is 5.50. The Labute approximate surface area is 99.7 Å². The van der Waals surface area contributed by atoms with E-state index in [-0.39, 0.29) is 5.69 Å². The molecule has 1 aromatic carbocycles. The van der Waals surface area contributed by atoms with Crippen LogP contribution >= 0.6 is 0 Å². The van der Waals surface area contributed by atoms with E-state index in [1.54, 1.807) is 7.11 Å². The number of benzene rings is 1. The minimum absolute atomic E-state index is 0.182. The Kier molecular flexibility index (Phi) is 6.50. The molecule has 17 heavy (non-hydrogen) atoms. The molecule has 0 aliphatic heterocycles. The van der Waals surface area contributed by atoms with Gasteiger partial charge >= 0.3 is 0 Å². The van der Waals surface area contributed by atoms with Gasteiger partial charge in [-0.2, -0.15) is 0 Å². The Morgan fingerprint density at radius 2 is 2.00 bits per heavy atom. The molecule has 1 rings (SSSR count). The maximum absolute atomic E-state index is 13.2. The van der Waals surface area contributed by atoms with E-state index in [1.165, 1.54) is 12.1 Å². The molecule has 3 nitrogen and oxygen atoms in total. The molecule has 0 atom stereocenters. The highest BCUT2D eigenvalue weighted by Crippen LogP contribution is 2.16. The van der Waals surface area contributed by atoms with Gasteiger partial charge in [0.2, 0.25) is 0 Å². The zero-order chi connectivity index (χ0) is 12.5. The van der Waals surface area contributed by atoms with Gasteiger partial charge in [0.05, 0.1) is 18.9 Å². The average molecular weight is 245 g/mol. The van der Waals surface area contributed by atoms with E-state index in [2.05, 4.69) is 5.32 Å². The molecule has 0 spiro atoms. The molecular formula is C12H17F2NO2. The number of methoxy groups -OCH3 is 1. The van der Waals surface area contributed by atoms with Crippen molar-refractivity contribution in [1.82, 2.24) is 0 Å². The van der Waals surface area contributed by atoms with E-state index in [9.17, 15) is 8.78 Å². The van der Waals surface area contributed by atoms with E-state index in [4.69, 9.17) is 9.47 Å². The van der Waals surface area contributed by atoms with E-state index in [0.29, 0.717) is 26.4 Å². The van der Waals surface area contributed by atoms with Crippen LogP contribution in [-0.2, 0) is 9.47 Å². The maximum atomic E-state index is 13.2. The molecule has 0 aliphatic rings. The second-order valence-electron chi connectivity index (χ2n) is 3.49. The van der Waals surface area contributed by atoms with E-state index in [1.807, 2.05) is 0 Å². The van der Waals surface area contributed by atoms with Gasteiger partial charge in [-0.05, 0) is 18.6 Å². The van der Waals surface area contributed by atoms with E-state index in [0.717, 1.165) is 12.5 Å². The predicted octanol–water partition coefficient (Wildman–Crippen LogP) is 2.43. The van der Waals surface area contributed by atoms with Gasteiger partial charge in [0, 0.05) is 20.3 Å². The summed E-state index contributed by atoms with van der Waals surface area (Å²) < 4.78 is 36.1. The SMILES string of the molecule is COCCOCCCNc1cccc(F)c1F. The van der Waals surface area contributed by atoms with Crippen LogP contribution in [0.3, 0.4) is 0 Å². The normalized spacial score (nSPS) is 10.5. The lowest BCUT2D eigenvalue weighted by Gasteiger charge is -2.08. The number of halogens is 2. The summed E-state index contributed by atoms with van der Waals surface area (Å²) >= 11 is 0. The smallest absolute Gasteiger partial charge is 0.181 e. The molecule has 0 saturated heterocycles. The minimum Gasteiger partial charge on any atom is -0.383 e. The van der Waals surface area contributed by atoms with Crippen LogP contribution in [0.5, 0.6) is 0 Å². The third-order valence-electron chi connectivity index (χ3n) is 2.16. The number of rotatable bonds is 8. The van der Waals surface area contributed by atoms with Crippen molar-refractivity contribution >= 4 is 5.69 Å². The van der Waals surface area contributed by atoms with Gasteiger partial charge < -0.3 is 14.8 Å². The molecule has 0 aromatic heterocycles. The Bertz CT molecular complexity index is 334. The molecule has 0 heterocycles. The lowest BCUT2D eigenvalue weighted by atomic mass is 10.3. The van der Waals surface area contributed by atoms with Gasteiger partial charge in [-0.15, -0.1) is 0 Å². The summed E-state index contributed by atoms with van der Waals surface area (Å²) in [6, 6.07) is 4.06. The monoisotopic (exact) mass is 245 g/mol. The molecule has 0 unspecified atom stereocenters. The summed E-state index contributed by atoms with van der Waals surface area (Å²) in [5.41, 5.74) is 0.182. The van der Waals surface area contributed by atoms with Crippen molar-refractivity contribution in [3.05, 3.63) is 29.8 Å². The molecule has 5 heteroatoms. The second-order valence-corrected chi connectivity index (χ2v) is 3.49. The summed E-state index contributed by atoms with van der Waals surface area (Å²) in [6.07, 6.45) is 0.722. The zero-order valence-corrected chi connectivity index (χ0v) is 9.84. The Hall–Kier alpha value is -1.20. The largest absolute Gasteiger partial charge is 0.383 e. The van der Waals surface area contributed by atoms with Crippen molar-refractivity contribution in [2.24, 2.45) is 0 Å². The molecule has 0 radical (unpaired) electrons. The number of ether oxygens (including phenoxy) is 2. The van der Waals surface area contributed by atoms with Crippen molar-refractivity contribution in [1.29, 1.82) is 0 Å². The number of nitrogens with one attached hydrogen (secondary N) is 1. The average Bonchev–Trinajstić information content (AvgIpc) is 2.33. The van der Waals surface area contributed by atoms with Crippen molar-refractivity contribution in [2.75, 3.05) is 38.8 Å². The van der Waals surface area contributed by atoms with Gasteiger partial charge in [0.15, 0.2) is 11.6 Å². The topological polar surface area (TPSA) is 30.5 Å². The molecule has 0 saturated carbocycles. The fourth-order valence-electron chi connectivity index (χ4n) is 1.28. The number of hydrogen-bond acceptors (Lipinski definition) is 3. The fraction of sp³-hybridized carbons (Fsp3) is 0.500. The van der Waals surface area contributed by atoms with Gasteiger partial charge in [-0.1, -0.05) is 6.07 Å². The third kappa shape index (κ3) is 5.10. The van der Waals surface area contributed by atoms with Crippen LogP contribution in [0.25, 0.3) is 0 Å². The van der Waals surface area contributed by atoms with Crippen LogP contribution in [0, 0.1) is 11.6 Å². The van der Waals surface area contributed by atoms with Gasteiger partial charge in [-0.25, -0.2) is 8.78 Å². The molecule has 1 N–H and O–H groups in total. The summed E-state index contributed by atoms with van der Waals surface area (Å²) in [5, 5.41) is 2.82. The first-order valence-corrected chi connectivity index (χ1v) is 5.50. The summed E-state index contributed by atoms with van der Waals surface area (Å²) in [7, 11) is 1.61. The lowest BCUT2D eigenvalue weighted by molar-refractivity contribution is 0.0705. The highest BCUT2D eigenvalue weighted by atomic mass is 19.2. The maximum Gasteiger partial charge on any atom is 0.181 e. The van der Waals surface area contributed by atoms with Crippen molar-refractivity contribution in [3.63, 3.8) is 0 Å². The predicted molar refractivity (Wildman–Crippen MR) is 62.2 cm³/mol. The molecule has 96 valence electrons. The zero-order valence-electron chi connectivity index (χ0n) is 9.84. The van der Waals surface area contributed by atoms with E-state index < -0.39 is 11.6 Å². The quantitative estimate of drug-likeness (QED) is 0.713. The first kappa shape index (κ1) is 13.9. The highest BCUT2D eigenvalue weighted by molar-refractivity contribution is 5.44. The summed E-state index contributed by atoms with van der Waals surface area (Å²) in [4.78, 5) is 0. The van der Waals surface area contributed by atoms with Gasteiger partial charge in [-0.3, -0.25) is 0 Å². The molecular weight excluding hydrogens is 228 g/mol. The molecule has 0 bridgehead atoms. The van der Waals surface area contributed by atoms with Gasteiger partial charge in [0.25, 0.3) is 0 Å².